The lowest BCUT2D eigenvalue weighted by molar-refractivity contribution is 0.0541. The summed E-state index contributed by atoms with van der Waals surface area (Å²) in [5.74, 6) is -0.0919. The number of rotatable bonds is 3. The van der Waals surface area contributed by atoms with Crippen molar-refractivity contribution in [1.29, 1.82) is 0 Å². The van der Waals surface area contributed by atoms with Gasteiger partial charge in [-0.1, -0.05) is 36.4 Å². The number of benzene rings is 1. The number of aromatic nitrogens is 3. The second-order valence-corrected chi connectivity index (χ2v) is 7.64. The van der Waals surface area contributed by atoms with E-state index >= 15 is 0 Å². The fraction of sp³-hybridized carbons (Fsp3) is 0.208. The Kier molecular flexibility index (Phi) is 4.77. The minimum Gasteiger partial charge on any atom is -0.393 e. The van der Waals surface area contributed by atoms with Crippen molar-refractivity contribution in [1.82, 2.24) is 19.9 Å². The van der Waals surface area contributed by atoms with Crippen LogP contribution in [0.15, 0.2) is 66.9 Å². The number of hydrogen-bond donors (Lipinski definition) is 2. The minimum atomic E-state index is -0.312. The molecule has 150 valence electrons. The number of hydrogen-bond acceptors (Lipinski definition) is 4. The van der Waals surface area contributed by atoms with Crippen molar-refractivity contribution < 1.29 is 9.90 Å². The van der Waals surface area contributed by atoms with E-state index in [4.69, 9.17) is 0 Å². The van der Waals surface area contributed by atoms with E-state index in [2.05, 4.69) is 33.2 Å². The van der Waals surface area contributed by atoms with Crippen LogP contribution in [0.3, 0.4) is 0 Å². The molecule has 1 amide bonds. The molecule has 30 heavy (non-hydrogen) atoms. The summed E-state index contributed by atoms with van der Waals surface area (Å²) in [6, 6.07) is 19.7. The van der Waals surface area contributed by atoms with Gasteiger partial charge in [0.2, 0.25) is 0 Å². The largest absolute Gasteiger partial charge is 0.393 e. The zero-order chi connectivity index (χ0) is 20.5. The number of likely N-dealkylation sites (tertiary alicyclic amines) is 1. The van der Waals surface area contributed by atoms with Gasteiger partial charge in [-0.2, -0.15) is 0 Å². The number of nitrogens with zero attached hydrogens (tertiary/aromatic N) is 3. The molecule has 6 nitrogen and oxygen atoms in total. The monoisotopic (exact) mass is 398 g/mol. The summed E-state index contributed by atoms with van der Waals surface area (Å²) in [5, 5.41) is 10.7. The predicted molar refractivity (Wildman–Crippen MR) is 116 cm³/mol. The Hall–Kier alpha value is -3.51. The van der Waals surface area contributed by atoms with Crippen LogP contribution in [0.5, 0.6) is 0 Å². The molecule has 3 aromatic heterocycles. The highest BCUT2D eigenvalue weighted by molar-refractivity contribution is 5.93. The average molecular weight is 398 g/mol. The molecule has 1 aliphatic rings. The molecule has 4 heterocycles. The Morgan fingerprint density at radius 1 is 1.00 bits per heavy atom. The molecule has 6 heteroatoms. The van der Waals surface area contributed by atoms with Gasteiger partial charge in [0.15, 0.2) is 0 Å². The first-order chi connectivity index (χ1) is 14.7. The molecule has 4 aromatic rings. The first kappa shape index (κ1) is 18.5. The van der Waals surface area contributed by atoms with Gasteiger partial charge < -0.3 is 15.0 Å². The fourth-order valence-electron chi connectivity index (χ4n) is 3.87. The van der Waals surface area contributed by atoms with E-state index in [1.165, 1.54) is 0 Å². The standard InChI is InChI=1S/C24H22N4O2/c29-19-9-11-28(12-10-19)24(30)21-8-4-7-20(26-21)18-13-17-14-22(27-23(17)25-15-18)16-5-2-1-3-6-16/h1-8,13-15,19,29H,9-12H2,(H,25,27). The maximum absolute atomic E-state index is 12.8. The summed E-state index contributed by atoms with van der Waals surface area (Å²) < 4.78 is 0. The molecule has 0 saturated carbocycles. The number of pyridine rings is 2. The van der Waals surface area contributed by atoms with Gasteiger partial charge in [-0.3, -0.25) is 4.79 Å². The van der Waals surface area contributed by atoms with E-state index in [1.807, 2.05) is 36.4 Å². The molecule has 1 aliphatic heterocycles. The summed E-state index contributed by atoms with van der Waals surface area (Å²) in [5.41, 5.74) is 4.94. The molecule has 2 N–H and O–H groups in total. The van der Waals surface area contributed by atoms with Gasteiger partial charge in [-0.05, 0) is 42.7 Å². The third-order valence-electron chi connectivity index (χ3n) is 5.57. The van der Waals surface area contributed by atoms with Crippen LogP contribution in [0.25, 0.3) is 33.5 Å². The Bertz CT molecular complexity index is 1190. The topological polar surface area (TPSA) is 82.1 Å². The number of carbonyl (C=O) groups is 1. The predicted octanol–water partition coefficient (Wildman–Crippen LogP) is 3.89. The Morgan fingerprint density at radius 2 is 1.80 bits per heavy atom. The third-order valence-corrected chi connectivity index (χ3v) is 5.57. The molecule has 1 fully saturated rings. The van der Waals surface area contributed by atoms with Crippen LogP contribution in [-0.4, -0.2) is 50.1 Å². The van der Waals surface area contributed by atoms with Gasteiger partial charge in [0.05, 0.1) is 11.8 Å². The van der Waals surface area contributed by atoms with Crippen LogP contribution in [-0.2, 0) is 0 Å². The summed E-state index contributed by atoms with van der Waals surface area (Å²) in [6.07, 6.45) is 2.70. The normalized spacial score (nSPS) is 14.9. The minimum absolute atomic E-state index is 0.0919. The fourth-order valence-corrected chi connectivity index (χ4v) is 3.87. The maximum atomic E-state index is 12.8. The number of aromatic amines is 1. The second-order valence-electron chi connectivity index (χ2n) is 7.64. The van der Waals surface area contributed by atoms with Gasteiger partial charge >= 0.3 is 0 Å². The van der Waals surface area contributed by atoms with Gasteiger partial charge in [-0.25, -0.2) is 9.97 Å². The Labute approximate surface area is 174 Å². The van der Waals surface area contributed by atoms with Gasteiger partial charge in [-0.15, -0.1) is 0 Å². The van der Waals surface area contributed by atoms with Crippen molar-refractivity contribution in [3.8, 4) is 22.5 Å². The van der Waals surface area contributed by atoms with E-state index < -0.39 is 0 Å². The molecule has 0 atom stereocenters. The van der Waals surface area contributed by atoms with Crippen LogP contribution in [0.1, 0.15) is 23.3 Å². The van der Waals surface area contributed by atoms with Gasteiger partial charge in [0, 0.05) is 35.9 Å². The quantitative estimate of drug-likeness (QED) is 0.549. The number of piperidine rings is 1. The van der Waals surface area contributed by atoms with Crippen LogP contribution in [0, 0.1) is 0 Å². The molecule has 0 unspecified atom stereocenters. The molecule has 0 spiro atoms. The first-order valence-electron chi connectivity index (χ1n) is 10.2. The number of H-pyrrole nitrogens is 1. The van der Waals surface area contributed by atoms with Gasteiger partial charge in [0.1, 0.15) is 11.3 Å². The zero-order valence-corrected chi connectivity index (χ0v) is 16.5. The van der Waals surface area contributed by atoms with E-state index in [0.29, 0.717) is 31.6 Å². The Balaban J connectivity index is 1.44. The number of aliphatic hydroxyl groups is 1. The summed E-state index contributed by atoms with van der Waals surface area (Å²) in [4.78, 5) is 27.1. The lowest BCUT2D eigenvalue weighted by Gasteiger charge is -2.29. The lowest BCUT2D eigenvalue weighted by Crippen LogP contribution is -2.40. The number of carbonyl (C=O) groups excluding carboxylic acids is 1. The highest BCUT2D eigenvalue weighted by Gasteiger charge is 2.23. The SMILES string of the molecule is O=C(c1cccc(-c2cnc3[nH]c(-c4ccccc4)cc3c2)n1)N1CCC(O)CC1. The number of fused-ring (bicyclic) bond motifs is 1. The van der Waals surface area contributed by atoms with Crippen molar-refractivity contribution in [3.63, 3.8) is 0 Å². The lowest BCUT2D eigenvalue weighted by atomic mass is 10.1. The third kappa shape index (κ3) is 3.57. The zero-order valence-electron chi connectivity index (χ0n) is 16.5. The number of aliphatic hydroxyl groups excluding tert-OH is 1. The van der Waals surface area contributed by atoms with Crippen LogP contribution in [0.4, 0.5) is 0 Å². The molecule has 0 aliphatic carbocycles. The molecular weight excluding hydrogens is 376 g/mol. The molecule has 0 radical (unpaired) electrons. The van der Waals surface area contributed by atoms with Crippen molar-refractivity contribution in [2.45, 2.75) is 18.9 Å². The summed E-state index contributed by atoms with van der Waals surface area (Å²) in [6.45, 7) is 1.12. The van der Waals surface area contributed by atoms with Crippen LogP contribution >= 0.6 is 0 Å². The summed E-state index contributed by atoms with van der Waals surface area (Å²) in [7, 11) is 0. The van der Waals surface area contributed by atoms with Crippen molar-refractivity contribution >= 4 is 16.9 Å². The highest BCUT2D eigenvalue weighted by atomic mass is 16.3. The van der Waals surface area contributed by atoms with Crippen molar-refractivity contribution in [2.75, 3.05) is 13.1 Å². The van der Waals surface area contributed by atoms with Crippen LogP contribution in [0.2, 0.25) is 0 Å². The van der Waals surface area contributed by atoms with E-state index in [1.54, 1.807) is 17.2 Å². The molecular formula is C24H22N4O2. The molecule has 1 saturated heterocycles. The van der Waals surface area contributed by atoms with E-state index in [-0.39, 0.29) is 12.0 Å². The summed E-state index contributed by atoms with van der Waals surface area (Å²) >= 11 is 0. The Morgan fingerprint density at radius 3 is 2.60 bits per heavy atom. The molecule has 5 rings (SSSR count). The van der Waals surface area contributed by atoms with Crippen molar-refractivity contribution in [3.05, 3.63) is 72.6 Å². The van der Waals surface area contributed by atoms with Crippen molar-refractivity contribution in [2.24, 2.45) is 0 Å². The average Bonchev–Trinajstić information content (AvgIpc) is 3.23. The number of amides is 1. The maximum Gasteiger partial charge on any atom is 0.272 e. The number of nitrogens with one attached hydrogen (secondary N) is 1. The second kappa shape index (κ2) is 7.72. The smallest absolute Gasteiger partial charge is 0.272 e. The highest BCUT2D eigenvalue weighted by Crippen LogP contribution is 2.26. The molecule has 1 aromatic carbocycles. The first-order valence-corrected chi connectivity index (χ1v) is 10.2. The van der Waals surface area contributed by atoms with E-state index in [9.17, 15) is 9.90 Å². The van der Waals surface area contributed by atoms with E-state index in [0.717, 1.165) is 33.5 Å². The molecule has 0 bridgehead atoms. The van der Waals surface area contributed by atoms with Gasteiger partial charge in [0.25, 0.3) is 5.91 Å². The van der Waals surface area contributed by atoms with Crippen LogP contribution < -0.4 is 0 Å².